The third kappa shape index (κ3) is 2.50. The molecule has 0 aliphatic carbocycles. The average molecular weight is 240 g/mol. The van der Waals surface area contributed by atoms with Gasteiger partial charge in [-0.1, -0.05) is 0 Å². The van der Waals surface area contributed by atoms with Crippen LogP contribution in [0, 0.1) is 15.9 Å². The van der Waals surface area contributed by atoms with Crippen LogP contribution in [-0.4, -0.2) is 35.6 Å². The van der Waals surface area contributed by atoms with E-state index >= 15 is 0 Å². The molecule has 0 spiro atoms. The molecule has 6 nitrogen and oxygen atoms in total. The maximum atomic E-state index is 13.7. The molecular formula is C10H13FN4O2. The smallest absolute Gasteiger partial charge is 0.290 e. The highest BCUT2D eigenvalue weighted by Crippen LogP contribution is 2.21. The van der Waals surface area contributed by atoms with Gasteiger partial charge in [-0.15, -0.1) is 0 Å². The van der Waals surface area contributed by atoms with Crippen LogP contribution in [0.5, 0.6) is 0 Å². The van der Waals surface area contributed by atoms with Crippen molar-refractivity contribution in [2.75, 3.05) is 24.5 Å². The van der Waals surface area contributed by atoms with E-state index in [1.807, 2.05) is 6.92 Å². The van der Waals surface area contributed by atoms with Gasteiger partial charge in [-0.25, -0.2) is 9.37 Å². The fourth-order valence-corrected chi connectivity index (χ4v) is 1.88. The van der Waals surface area contributed by atoms with Crippen LogP contribution >= 0.6 is 0 Å². The largest absolute Gasteiger partial charge is 0.351 e. The third-order valence-electron chi connectivity index (χ3n) is 2.69. The minimum Gasteiger partial charge on any atom is -0.351 e. The zero-order valence-electron chi connectivity index (χ0n) is 9.39. The highest BCUT2D eigenvalue weighted by atomic mass is 19.1. The summed E-state index contributed by atoms with van der Waals surface area (Å²) in [6, 6.07) is 1.16. The van der Waals surface area contributed by atoms with Crippen LogP contribution in [-0.2, 0) is 0 Å². The first-order chi connectivity index (χ1) is 8.08. The summed E-state index contributed by atoms with van der Waals surface area (Å²) in [6.45, 7) is 4.03. The molecule has 2 heterocycles. The minimum absolute atomic E-state index is 0.184. The lowest BCUT2D eigenvalue weighted by atomic mass is 10.2. The Morgan fingerprint density at radius 2 is 2.47 bits per heavy atom. The molecule has 1 unspecified atom stereocenters. The highest BCUT2D eigenvalue weighted by molar-refractivity contribution is 5.45. The summed E-state index contributed by atoms with van der Waals surface area (Å²) in [7, 11) is 0. The lowest BCUT2D eigenvalue weighted by Gasteiger charge is -2.32. The van der Waals surface area contributed by atoms with Gasteiger partial charge in [0, 0.05) is 25.7 Å². The number of anilines is 1. The molecule has 17 heavy (non-hydrogen) atoms. The van der Waals surface area contributed by atoms with Crippen molar-refractivity contribution < 1.29 is 9.31 Å². The van der Waals surface area contributed by atoms with Gasteiger partial charge in [0.1, 0.15) is 6.20 Å². The number of nitrogens with one attached hydrogen (secondary N) is 1. The topological polar surface area (TPSA) is 71.3 Å². The van der Waals surface area contributed by atoms with Crippen molar-refractivity contribution in [2.45, 2.75) is 13.0 Å². The molecule has 1 fully saturated rings. The van der Waals surface area contributed by atoms with E-state index in [1.54, 1.807) is 4.90 Å². The molecule has 92 valence electrons. The number of rotatable bonds is 2. The van der Waals surface area contributed by atoms with E-state index in [2.05, 4.69) is 10.3 Å². The quantitative estimate of drug-likeness (QED) is 0.615. The zero-order valence-corrected chi connectivity index (χ0v) is 9.39. The van der Waals surface area contributed by atoms with E-state index in [0.717, 1.165) is 18.8 Å². The molecule has 1 aliphatic rings. The minimum atomic E-state index is -0.653. The summed E-state index contributed by atoms with van der Waals surface area (Å²) in [5, 5.41) is 13.7. The predicted octanol–water partition coefficient (Wildman–Crippen LogP) is 0.927. The van der Waals surface area contributed by atoms with Crippen LogP contribution in [0.4, 0.5) is 15.9 Å². The van der Waals surface area contributed by atoms with Gasteiger partial charge in [-0.3, -0.25) is 10.1 Å². The molecule has 1 atom stereocenters. The first kappa shape index (κ1) is 11.7. The summed E-state index contributed by atoms with van der Waals surface area (Å²) in [5.74, 6) is -0.461. The van der Waals surface area contributed by atoms with Crippen LogP contribution in [0.15, 0.2) is 12.3 Å². The maximum Gasteiger partial charge on any atom is 0.290 e. The highest BCUT2D eigenvalue weighted by Gasteiger charge is 2.21. The lowest BCUT2D eigenvalue weighted by Crippen LogP contribution is -2.49. The Kier molecular flexibility index (Phi) is 3.19. The molecule has 0 amide bonds. The first-order valence-corrected chi connectivity index (χ1v) is 5.36. The molecule has 0 saturated carbocycles. The Morgan fingerprint density at radius 3 is 3.06 bits per heavy atom. The van der Waals surface area contributed by atoms with Gasteiger partial charge in [0.05, 0.1) is 11.0 Å². The second-order valence-electron chi connectivity index (χ2n) is 4.06. The second kappa shape index (κ2) is 4.62. The number of piperazine rings is 1. The number of aromatic nitrogens is 1. The number of hydrogen-bond donors (Lipinski definition) is 1. The van der Waals surface area contributed by atoms with Gasteiger partial charge < -0.3 is 10.2 Å². The van der Waals surface area contributed by atoms with Crippen molar-refractivity contribution in [2.24, 2.45) is 0 Å². The number of hydrogen-bond acceptors (Lipinski definition) is 5. The molecule has 2 rings (SSSR count). The van der Waals surface area contributed by atoms with Crippen molar-refractivity contribution in [3.05, 3.63) is 28.2 Å². The second-order valence-corrected chi connectivity index (χ2v) is 4.06. The first-order valence-electron chi connectivity index (χ1n) is 5.36. The number of nitrogens with zero attached hydrogens (tertiary/aromatic N) is 3. The number of halogens is 1. The molecule has 1 aliphatic heterocycles. The third-order valence-corrected chi connectivity index (χ3v) is 2.69. The SMILES string of the molecule is CC1CN(c2ncc([N+](=O)[O-])cc2F)CCN1. The fraction of sp³-hybridized carbons (Fsp3) is 0.500. The lowest BCUT2D eigenvalue weighted by molar-refractivity contribution is -0.385. The molecule has 1 saturated heterocycles. The summed E-state index contributed by atoms with van der Waals surface area (Å²) < 4.78 is 13.7. The molecule has 1 N–H and O–H groups in total. The summed E-state index contributed by atoms with van der Waals surface area (Å²) in [5.41, 5.74) is -0.325. The zero-order chi connectivity index (χ0) is 12.4. The van der Waals surface area contributed by atoms with Crippen molar-refractivity contribution >= 4 is 11.5 Å². The van der Waals surface area contributed by atoms with Crippen molar-refractivity contribution in [3.8, 4) is 0 Å². The number of pyridine rings is 1. The summed E-state index contributed by atoms with van der Waals surface area (Å²) in [4.78, 5) is 15.4. The maximum absolute atomic E-state index is 13.7. The van der Waals surface area contributed by atoms with Crippen molar-refractivity contribution in [1.29, 1.82) is 0 Å². The van der Waals surface area contributed by atoms with E-state index in [1.165, 1.54) is 0 Å². The van der Waals surface area contributed by atoms with Gasteiger partial charge >= 0.3 is 0 Å². The Morgan fingerprint density at radius 1 is 1.71 bits per heavy atom. The molecule has 0 aromatic carbocycles. The number of nitro groups is 1. The van der Waals surface area contributed by atoms with E-state index in [-0.39, 0.29) is 17.5 Å². The Hall–Kier alpha value is -1.76. The standard InChI is InChI=1S/C10H13FN4O2/c1-7-6-14(3-2-12-7)10-9(11)4-8(5-13-10)15(16)17/h4-5,7,12H,2-3,6H2,1H3. The predicted molar refractivity (Wildman–Crippen MR) is 60.5 cm³/mol. The monoisotopic (exact) mass is 240 g/mol. The van der Waals surface area contributed by atoms with Crippen LogP contribution in [0.2, 0.25) is 0 Å². The van der Waals surface area contributed by atoms with Gasteiger partial charge in [0.2, 0.25) is 0 Å². The van der Waals surface area contributed by atoms with Crippen LogP contribution in [0.25, 0.3) is 0 Å². The molecular weight excluding hydrogens is 227 g/mol. The average Bonchev–Trinajstić information content (AvgIpc) is 2.28. The summed E-state index contributed by atoms with van der Waals surface area (Å²) >= 11 is 0. The molecule has 1 aromatic rings. The molecule has 0 radical (unpaired) electrons. The van der Waals surface area contributed by atoms with E-state index < -0.39 is 10.7 Å². The van der Waals surface area contributed by atoms with Crippen molar-refractivity contribution in [1.82, 2.24) is 10.3 Å². The van der Waals surface area contributed by atoms with Crippen LogP contribution in [0.3, 0.4) is 0 Å². The molecule has 1 aromatic heterocycles. The van der Waals surface area contributed by atoms with E-state index in [9.17, 15) is 14.5 Å². The van der Waals surface area contributed by atoms with Crippen LogP contribution in [0.1, 0.15) is 6.92 Å². The van der Waals surface area contributed by atoms with E-state index in [4.69, 9.17) is 0 Å². The summed E-state index contributed by atoms with van der Waals surface area (Å²) in [6.07, 6.45) is 1.09. The Bertz CT molecular complexity index is 440. The normalized spacial score (nSPS) is 20.4. The van der Waals surface area contributed by atoms with E-state index in [0.29, 0.717) is 13.1 Å². The van der Waals surface area contributed by atoms with Crippen molar-refractivity contribution in [3.63, 3.8) is 0 Å². The van der Waals surface area contributed by atoms with Crippen LogP contribution < -0.4 is 10.2 Å². The molecule has 0 bridgehead atoms. The van der Waals surface area contributed by atoms with Gasteiger partial charge in [-0.05, 0) is 6.92 Å². The Labute approximate surface area is 97.6 Å². The molecule has 7 heteroatoms. The van der Waals surface area contributed by atoms with Gasteiger partial charge in [0.15, 0.2) is 11.6 Å². The van der Waals surface area contributed by atoms with Gasteiger partial charge in [0.25, 0.3) is 5.69 Å². The fourth-order valence-electron chi connectivity index (χ4n) is 1.88. The Balaban J connectivity index is 2.23. The van der Waals surface area contributed by atoms with Gasteiger partial charge in [-0.2, -0.15) is 0 Å².